The van der Waals surface area contributed by atoms with Crippen molar-refractivity contribution in [3.05, 3.63) is 35.9 Å². The molecule has 4 rings (SSSR count). The minimum Gasteiger partial charge on any atom is -0.375 e. The highest BCUT2D eigenvalue weighted by Gasteiger charge is 2.47. The number of amides is 2. The lowest BCUT2D eigenvalue weighted by Crippen LogP contribution is -2.57. The van der Waals surface area contributed by atoms with E-state index in [1.807, 2.05) is 18.0 Å². The van der Waals surface area contributed by atoms with Gasteiger partial charge < -0.3 is 19.4 Å². The van der Waals surface area contributed by atoms with Crippen molar-refractivity contribution < 1.29 is 14.3 Å². The summed E-state index contributed by atoms with van der Waals surface area (Å²) in [5.74, 6) is 0.447. The number of likely N-dealkylation sites (tertiary alicyclic amines) is 2. The van der Waals surface area contributed by atoms with Crippen molar-refractivity contribution in [2.75, 3.05) is 46.9 Å². The van der Waals surface area contributed by atoms with E-state index in [0.29, 0.717) is 12.5 Å². The minimum absolute atomic E-state index is 0.116. The van der Waals surface area contributed by atoms with Crippen molar-refractivity contribution in [3.63, 3.8) is 0 Å². The average Bonchev–Trinajstić information content (AvgIpc) is 2.81. The predicted molar refractivity (Wildman–Crippen MR) is 125 cm³/mol. The molecule has 3 aliphatic heterocycles. The minimum atomic E-state index is -0.302. The summed E-state index contributed by atoms with van der Waals surface area (Å²) in [4.78, 5) is 32.1. The van der Waals surface area contributed by atoms with Gasteiger partial charge in [-0.05, 0) is 70.6 Å². The van der Waals surface area contributed by atoms with Crippen molar-refractivity contribution in [2.24, 2.45) is 5.41 Å². The van der Waals surface area contributed by atoms with Gasteiger partial charge in [-0.25, -0.2) is 0 Å². The maximum absolute atomic E-state index is 13.9. The predicted octanol–water partition coefficient (Wildman–Crippen LogP) is 2.96. The van der Waals surface area contributed by atoms with Crippen LogP contribution in [0.2, 0.25) is 0 Å². The largest absolute Gasteiger partial charge is 0.375 e. The van der Waals surface area contributed by atoms with Gasteiger partial charge in [-0.15, -0.1) is 0 Å². The zero-order valence-corrected chi connectivity index (χ0v) is 20.0. The summed E-state index contributed by atoms with van der Waals surface area (Å²) in [6.45, 7) is 5.78. The molecule has 176 valence electrons. The molecule has 32 heavy (non-hydrogen) atoms. The Morgan fingerprint density at radius 1 is 1.06 bits per heavy atom. The molecule has 6 heteroatoms. The van der Waals surface area contributed by atoms with Gasteiger partial charge in [0, 0.05) is 39.7 Å². The van der Waals surface area contributed by atoms with E-state index in [9.17, 15) is 9.59 Å². The summed E-state index contributed by atoms with van der Waals surface area (Å²) in [5.41, 5.74) is 0.760. The molecule has 3 fully saturated rings. The SMILES string of the molecule is CC(=O)N(C)[C@H]1CCOC2(CCN(C(=O)C3(Cc4ccccc4)CCN(C)CC3)CC2)C1. The number of hydrogen-bond donors (Lipinski definition) is 0. The summed E-state index contributed by atoms with van der Waals surface area (Å²) in [5, 5.41) is 0. The van der Waals surface area contributed by atoms with Crippen LogP contribution in [0.4, 0.5) is 0 Å². The van der Waals surface area contributed by atoms with Gasteiger partial charge in [0.05, 0.1) is 11.0 Å². The van der Waals surface area contributed by atoms with Crippen molar-refractivity contribution in [3.8, 4) is 0 Å². The second-order valence-corrected chi connectivity index (χ2v) is 10.3. The van der Waals surface area contributed by atoms with E-state index >= 15 is 0 Å². The third-order valence-electron chi connectivity index (χ3n) is 8.26. The molecule has 3 aliphatic rings. The van der Waals surface area contributed by atoms with Gasteiger partial charge in [0.1, 0.15) is 0 Å². The summed E-state index contributed by atoms with van der Waals surface area (Å²) < 4.78 is 6.29. The van der Waals surface area contributed by atoms with Gasteiger partial charge in [-0.1, -0.05) is 30.3 Å². The molecule has 1 spiro atoms. The van der Waals surface area contributed by atoms with Crippen LogP contribution >= 0.6 is 0 Å². The average molecular weight is 442 g/mol. The Labute approximate surface area is 192 Å². The molecule has 1 atom stereocenters. The highest BCUT2D eigenvalue weighted by atomic mass is 16.5. The number of piperidine rings is 2. The van der Waals surface area contributed by atoms with Crippen molar-refractivity contribution >= 4 is 11.8 Å². The quantitative estimate of drug-likeness (QED) is 0.721. The summed E-state index contributed by atoms with van der Waals surface area (Å²) in [6.07, 6.45) is 6.16. The van der Waals surface area contributed by atoms with E-state index in [1.54, 1.807) is 6.92 Å². The van der Waals surface area contributed by atoms with Gasteiger partial charge in [-0.3, -0.25) is 9.59 Å². The van der Waals surface area contributed by atoms with E-state index in [-0.39, 0.29) is 23.0 Å². The van der Waals surface area contributed by atoms with Crippen LogP contribution < -0.4 is 0 Å². The molecule has 0 bridgehead atoms. The molecular formula is C26H39N3O3. The van der Waals surface area contributed by atoms with Crippen LogP contribution in [0.3, 0.4) is 0 Å². The Hall–Kier alpha value is -1.92. The van der Waals surface area contributed by atoms with Crippen molar-refractivity contribution in [1.82, 2.24) is 14.7 Å². The van der Waals surface area contributed by atoms with Crippen LogP contribution in [-0.2, 0) is 20.7 Å². The fourth-order valence-electron chi connectivity index (χ4n) is 5.89. The molecule has 1 aromatic rings. The molecule has 2 amide bonds. The first-order chi connectivity index (χ1) is 15.3. The second-order valence-electron chi connectivity index (χ2n) is 10.3. The Balaban J connectivity index is 1.44. The van der Waals surface area contributed by atoms with Gasteiger partial charge in [0.15, 0.2) is 0 Å². The Morgan fingerprint density at radius 2 is 1.72 bits per heavy atom. The van der Waals surface area contributed by atoms with Gasteiger partial charge in [0.25, 0.3) is 0 Å². The number of ether oxygens (including phenoxy) is 1. The fourth-order valence-corrected chi connectivity index (χ4v) is 5.89. The van der Waals surface area contributed by atoms with Crippen LogP contribution in [0.15, 0.2) is 30.3 Å². The van der Waals surface area contributed by atoms with Crippen LogP contribution in [-0.4, -0.2) is 85.0 Å². The topological polar surface area (TPSA) is 53.1 Å². The smallest absolute Gasteiger partial charge is 0.229 e. The lowest BCUT2D eigenvalue weighted by molar-refractivity contribution is -0.160. The van der Waals surface area contributed by atoms with Crippen LogP contribution in [0.25, 0.3) is 0 Å². The third-order valence-corrected chi connectivity index (χ3v) is 8.26. The zero-order valence-electron chi connectivity index (χ0n) is 20.0. The summed E-state index contributed by atoms with van der Waals surface area (Å²) in [7, 11) is 4.05. The normalized spacial score (nSPS) is 25.5. The highest BCUT2D eigenvalue weighted by molar-refractivity contribution is 5.83. The molecule has 0 aliphatic carbocycles. The van der Waals surface area contributed by atoms with Crippen LogP contribution in [0.5, 0.6) is 0 Å². The molecule has 6 nitrogen and oxygen atoms in total. The molecule has 0 saturated carbocycles. The first kappa shape index (κ1) is 23.2. The second kappa shape index (κ2) is 9.52. The fraction of sp³-hybridized carbons (Fsp3) is 0.692. The first-order valence-electron chi connectivity index (χ1n) is 12.2. The summed E-state index contributed by atoms with van der Waals surface area (Å²) in [6, 6.07) is 10.7. The Bertz CT molecular complexity index is 796. The van der Waals surface area contributed by atoms with Crippen molar-refractivity contribution in [2.45, 2.75) is 63.5 Å². The van der Waals surface area contributed by atoms with E-state index in [4.69, 9.17) is 4.74 Å². The maximum atomic E-state index is 13.9. The monoisotopic (exact) mass is 441 g/mol. The number of hydrogen-bond acceptors (Lipinski definition) is 4. The molecule has 0 aromatic heterocycles. The molecular weight excluding hydrogens is 402 g/mol. The van der Waals surface area contributed by atoms with Crippen LogP contribution in [0, 0.1) is 5.41 Å². The Kier molecular flexibility index (Phi) is 6.91. The zero-order chi connectivity index (χ0) is 22.8. The first-order valence-corrected chi connectivity index (χ1v) is 12.2. The van der Waals surface area contributed by atoms with E-state index in [1.165, 1.54) is 5.56 Å². The Morgan fingerprint density at radius 3 is 2.34 bits per heavy atom. The standard InChI is InChI=1S/C26H39N3O3/c1-21(30)28(3)23-9-18-32-26(20-23)12-16-29(17-13-26)24(31)25(10-14-27(2)15-11-25)19-22-7-5-4-6-8-22/h4-8,23H,9-20H2,1-3H3/t23-/m0/s1. The van der Waals surface area contributed by atoms with Crippen LogP contribution in [0.1, 0.15) is 51.0 Å². The highest BCUT2D eigenvalue weighted by Crippen LogP contribution is 2.41. The van der Waals surface area contributed by atoms with Crippen molar-refractivity contribution in [1.29, 1.82) is 0 Å². The third kappa shape index (κ3) is 4.86. The van der Waals surface area contributed by atoms with Gasteiger partial charge in [-0.2, -0.15) is 0 Å². The maximum Gasteiger partial charge on any atom is 0.229 e. The van der Waals surface area contributed by atoms with E-state index in [0.717, 1.165) is 71.1 Å². The number of benzene rings is 1. The number of carbonyl (C=O) groups excluding carboxylic acids is 2. The van der Waals surface area contributed by atoms with Gasteiger partial charge in [0.2, 0.25) is 11.8 Å². The van der Waals surface area contributed by atoms with Gasteiger partial charge >= 0.3 is 0 Å². The lowest BCUT2D eigenvalue weighted by atomic mass is 9.72. The number of rotatable bonds is 4. The molecule has 0 N–H and O–H groups in total. The number of carbonyl (C=O) groups is 2. The van der Waals surface area contributed by atoms with E-state index in [2.05, 4.69) is 41.1 Å². The molecule has 1 aromatic carbocycles. The van der Waals surface area contributed by atoms with E-state index < -0.39 is 0 Å². The lowest BCUT2D eigenvalue weighted by Gasteiger charge is -2.49. The molecule has 0 unspecified atom stereocenters. The molecule has 3 saturated heterocycles. The molecule has 3 heterocycles. The molecule has 0 radical (unpaired) electrons. The number of nitrogens with zero attached hydrogens (tertiary/aromatic N) is 3. The summed E-state index contributed by atoms with van der Waals surface area (Å²) >= 11 is 0.